The van der Waals surface area contributed by atoms with Crippen LogP contribution in [0.25, 0.3) is 0 Å². The Morgan fingerprint density at radius 2 is 1.70 bits per heavy atom. The first-order chi connectivity index (χ1) is 20.6. The molecule has 0 radical (unpaired) electrons. The third kappa shape index (κ3) is 7.40. The number of alkyl halides is 3. The maximum Gasteiger partial charge on any atom is 0.276 e. The van der Waals surface area contributed by atoms with Gasteiger partial charge in [-0.25, -0.2) is 0 Å². The van der Waals surface area contributed by atoms with Gasteiger partial charge >= 0.3 is 0 Å². The smallest absolute Gasteiger partial charge is 0.276 e. The van der Waals surface area contributed by atoms with Crippen molar-refractivity contribution in [2.75, 3.05) is 32.6 Å². The Morgan fingerprint density at radius 1 is 1.00 bits per heavy atom. The lowest BCUT2D eigenvalue weighted by atomic mass is 9.89. The average Bonchev–Trinajstić information content (AvgIpc) is 3.01. The first-order valence-corrected chi connectivity index (χ1v) is 15.2. The summed E-state index contributed by atoms with van der Waals surface area (Å²) in [5.74, 6) is 0.705. The molecule has 0 saturated carbocycles. The number of rotatable bonds is 8. The van der Waals surface area contributed by atoms with Crippen molar-refractivity contribution in [1.29, 1.82) is 0 Å². The number of amides is 1. The Morgan fingerprint density at radius 3 is 2.35 bits per heavy atom. The highest BCUT2D eigenvalue weighted by atomic mass is 35.6. The lowest BCUT2D eigenvalue weighted by Gasteiger charge is -2.43. The number of carbonyl (C=O) groups is 1. The standard InChI is InChI=1S/C32H35Cl3N2O6/c1-19-28(17-37-12-11-22-14-26(40-2)27(41-3)15-24(22)16-37)42-30(43-29(19)21-9-7-20(18-38)8-10-21)23-5-4-6-25(13-23)36-31(39)32(33,34)35/h4-10,13-15,19,28-30,38H,11-12,16-18H2,1-3H3,(H,36,39)/t19-,28+,29+,30+/m1/s1. The second-order valence-electron chi connectivity index (χ2n) is 10.9. The monoisotopic (exact) mass is 648 g/mol. The molecule has 3 aromatic rings. The van der Waals surface area contributed by atoms with E-state index in [0.29, 0.717) is 18.0 Å². The summed E-state index contributed by atoms with van der Waals surface area (Å²) in [6.45, 7) is 4.41. The predicted octanol–water partition coefficient (Wildman–Crippen LogP) is 6.35. The van der Waals surface area contributed by atoms with Gasteiger partial charge < -0.3 is 29.4 Å². The van der Waals surface area contributed by atoms with Crippen LogP contribution in [0.1, 0.15) is 47.1 Å². The molecular formula is C32H35Cl3N2O6. The van der Waals surface area contributed by atoms with E-state index in [1.165, 1.54) is 11.1 Å². The van der Waals surface area contributed by atoms with E-state index in [1.807, 2.05) is 30.3 Å². The molecule has 2 aliphatic heterocycles. The highest BCUT2D eigenvalue weighted by Crippen LogP contribution is 2.43. The number of carbonyl (C=O) groups excluding carboxylic acids is 1. The van der Waals surface area contributed by atoms with Crippen LogP contribution >= 0.6 is 34.8 Å². The Bertz CT molecular complexity index is 1430. The molecule has 2 aliphatic rings. The van der Waals surface area contributed by atoms with E-state index >= 15 is 0 Å². The molecule has 11 heteroatoms. The number of ether oxygens (including phenoxy) is 4. The molecule has 3 aromatic carbocycles. The normalized spacial score (nSPS) is 22.5. The molecule has 1 amide bonds. The van der Waals surface area contributed by atoms with Gasteiger partial charge in [-0.3, -0.25) is 9.69 Å². The molecule has 43 heavy (non-hydrogen) atoms. The van der Waals surface area contributed by atoms with Crippen LogP contribution in [0.15, 0.2) is 60.7 Å². The summed E-state index contributed by atoms with van der Waals surface area (Å²) in [5.41, 5.74) is 5.45. The number of fused-ring (bicyclic) bond motifs is 1. The van der Waals surface area contributed by atoms with Gasteiger partial charge in [0.15, 0.2) is 17.8 Å². The molecule has 4 atom stereocenters. The number of hydrogen-bond donors (Lipinski definition) is 2. The van der Waals surface area contributed by atoms with Gasteiger partial charge in [0.1, 0.15) is 0 Å². The van der Waals surface area contributed by atoms with Crippen LogP contribution in [0.2, 0.25) is 0 Å². The summed E-state index contributed by atoms with van der Waals surface area (Å²) >= 11 is 17.3. The van der Waals surface area contributed by atoms with Crippen molar-refractivity contribution in [1.82, 2.24) is 4.90 Å². The number of hydrogen-bond acceptors (Lipinski definition) is 7. The van der Waals surface area contributed by atoms with Crippen molar-refractivity contribution < 1.29 is 28.8 Å². The molecule has 1 fully saturated rings. The predicted molar refractivity (Wildman–Crippen MR) is 167 cm³/mol. The number of aliphatic hydroxyl groups excluding tert-OH is 1. The average molecular weight is 650 g/mol. The number of halogens is 3. The fourth-order valence-corrected chi connectivity index (χ4v) is 5.79. The van der Waals surface area contributed by atoms with Crippen LogP contribution in [0.5, 0.6) is 11.5 Å². The summed E-state index contributed by atoms with van der Waals surface area (Å²) < 4.78 is 22.2. The molecule has 0 aromatic heterocycles. The first kappa shape index (κ1) is 31.9. The molecule has 1 saturated heterocycles. The minimum absolute atomic E-state index is 0.00951. The van der Waals surface area contributed by atoms with Gasteiger partial charge in [-0.15, -0.1) is 0 Å². The molecule has 0 spiro atoms. The molecule has 230 valence electrons. The lowest BCUT2D eigenvalue weighted by molar-refractivity contribution is -0.276. The van der Waals surface area contributed by atoms with E-state index in [1.54, 1.807) is 32.4 Å². The maximum absolute atomic E-state index is 12.3. The quantitative estimate of drug-likeness (QED) is 0.275. The number of nitrogens with zero attached hydrogens (tertiary/aromatic N) is 1. The van der Waals surface area contributed by atoms with Crippen molar-refractivity contribution in [3.63, 3.8) is 0 Å². The second kappa shape index (κ2) is 13.6. The van der Waals surface area contributed by atoms with E-state index in [9.17, 15) is 9.90 Å². The third-order valence-corrected chi connectivity index (χ3v) is 8.55. The number of aliphatic hydroxyl groups is 1. The third-order valence-electron chi connectivity index (χ3n) is 8.03. The zero-order chi connectivity index (χ0) is 30.7. The van der Waals surface area contributed by atoms with Crippen LogP contribution < -0.4 is 14.8 Å². The largest absolute Gasteiger partial charge is 0.493 e. The first-order valence-electron chi connectivity index (χ1n) is 14.0. The molecular weight excluding hydrogens is 615 g/mol. The van der Waals surface area contributed by atoms with Gasteiger partial charge in [-0.2, -0.15) is 0 Å². The van der Waals surface area contributed by atoms with Gasteiger partial charge in [-0.05, 0) is 52.9 Å². The van der Waals surface area contributed by atoms with Crippen LogP contribution in [0.4, 0.5) is 5.69 Å². The van der Waals surface area contributed by atoms with Crippen LogP contribution in [0.3, 0.4) is 0 Å². The topological polar surface area (TPSA) is 89.5 Å². The highest BCUT2D eigenvalue weighted by molar-refractivity contribution is 6.76. The Kier molecular flexibility index (Phi) is 10.1. The minimum Gasteiger partial charge on any atom is -0.493 e. The fourth-order valence-electron chi connectivity index (χ4n) is 5.65. The van der Waals surface area contributed by atoms with E-state index in [4.69, 9.17) is 53.8 Å². The maximum atomic E-state index is 12.3. The van der Waals surface area contributed by atoms with Crippen molar-refractivity contribution in [3.8, 4) is 11.5 Å². The van der Waals surface area contributed by atoms with E-state index in [2.05, 4.69) is 29.3 Å². The van der Waals surface area contributed by atoms with Gasteiger partial charge in [0.2, 0.25) is 0 Å². The Hall–Kier alpha value is -2.56. The Balaban J connectivity index is 1.40. The molecule has 0 bridgehead atoms. The molecule has 0 aliphatic carbocycles. The van der Waals surface area contributed by atoms with Gasteiger partial charge in [0, 0.05) is 36.8 Å². The van der Waals surface area contributed by atoms with Gasteiger partial charge in [-0.1, -0.05) is 78.1 Å². The molecule has 8 nitrogen and oxygen atoms in total. The number of nitrogens with one attached hydrogen (secondary N) is 1. The molecule has 2 heterocycles. The Labute approximate surface area is 266 Å². The van der Waals surface area contributed by atoms with Gasteiger partial charge in [0.05, 0.1) is 33.0 Å². The second-order valence-corrected chi connectivity index (χ2v) is 13.1. The highest BCUT2D eigenvalue weighted by Gasteiger charge is 2.40. The zero-order valence-electron chi connectivity index (χ0n) is 24.2. The summed E-state index contributed by atoms with van der Waals surface area (Å²) in [4.78, 5) is 14.7. The van der Waals surface area contributed by atoms with Crippen LogP contribution in [-0.4, -0.2) is 53.1 Å². The van der Waals surface area contributed by atoms with Crippen LogP contribution in [0, 0.1) is 5.92 Å². The van der Waals surface area contributed by atoms with Crippen molar-refractivity contribution in [3.05, 3.63) is 88.5 Å². The SMILES string of the molecule is COc1cc2c(cc1OC)CN(C[C@@H]1O[C@H](c3cccc(NC(=O)C(Cl)(Cl)Cl)c3)O[C@H](c3ccc(CO)cc3)[C@@H]1C)CC2. The van der Waals surface area contributed by atoms with Crippen molar-refractivity contribution in [2.45, 2.75) is 48.8 Å². The molecule has 0 unspecified atom stereocenters. The summed E-state index contributed by atoms with van der Waals surface area (Å²) in [5, 5.41) is 12.2. The lowest BCUT2D eigenvalue weighted by Crippen LogP contribution is -2.45. The van der Waals surface area contributed by atoms with E-state index < -0.39 is 16.0 Å². The molecule has 2 N–H and O–H groups in total. The summed E-state index contributed by atoms with van der Waals surface area (Å²) in [6.07, 6.45) is -0.289. The number of methoxy groups -OCH3 is 2. The molecule has 5 rings (SSSR count). The summed E-state index contributed by atoms with van der Waals surface area (Å²) in [7, 11) is 3.30. The van der Waals surface area contributed by atoms with Crippen molar-refractivity contribution in [2.24, 2.45) is 5.92 Å². The van der Waals surface area contributed by atoms with Crippen LogP contribution in [-0.2, 0) is 33.8 Å². The van der Waals surface area contributed by atoms with E-state index in [-0.39, 0.29) is 24.7 Å². The van der Waals surface area contributed by atoms with Crippen molar-refractivity contribution >= 4 is 46.4 Å². The minimum atomic E-state index is -2.09. The van der Waals surface area contributed by atoms with E-state index in [0.717, 1.165) is 42.0 Å². The number of benzene rings is 3. The number of anilines is 1. The zero-order valence-corrected chi connectivity index (χ0v) is 26.5. The summed E-state index contributed by atoms with van der Waals surface area (Å²) in [6, 6.07) is 19.0. The fraction of sp³-hybridized carbons (Fsp3) is 0.406. The van der Waals surface area contributed by atoms with Gasteiger partial charge in [0.25, 0.3) is 9.70 Å².